The van der Waals surface area contributed by atoms with E-state index in [1.807, 2.05) is 6.92 Å². The van der Waals surface area contributed by atoms with E-state index < -0.39 is 9.84 Å². The molecule has 0 saturated carbocycles. The van der Waals surface area contributed by atoms with Crippen LogP contribution in [0.15, 0.2) is 28.7 Å². The number of hydrogen-bond acceptors (Lipinski definition) is 4. The monoisotopic (exact) mass is 299 g/mol. The second kappa shape index (κ2) is 7.68. The van der Waals surface area contributed by atoms with Gasteiger partial charge in [0.05, 0.1) is 5.75 Å². The Morgan fingerprint density at radius 1 is 1.30 bits per heavy atom. The Kier molecular flexibility index (Phi) is 6.23. The highest BCUT2D eigenvalue weighted by Gasteiger charge is 2.20. The highest BCUT2D eigenvalue weighted by Crippen LogP contribution is 2.09. The number of nitrogens with zero attached hydrogens (tertiary/aromatic N) is 2. The SMILES string of the molecule is CCCCCS(=O)(=O)C(Cc1cc[nH]c1)=NN=C(N)N. The summed E-state index contributed by atoms with van der Waals surface area (Å²) in [5.41, 5.74) is 11.2. The van der Waals surface area contributed by atoms with E-state index in [2.05, 4.69) is 15.2 Å². The van der Waals surface area contributed by atoms with Gasteiger partial charge in [0.1, 0.15) is 0 Å². The third-order valence-corrected chi connectivity index (χ3v) is 4.44. The molecule has 0 atom stereocenters. The zero-order chi connectivity index (χ0) is 15.0. The van der Waals surface area contributed by atoms with Crippen molar-refractivity contribution in [1.82, 2.24) is 4.98 Å². The van der Waals surface area contributed by atoms with Crippen molar-refractivity contribution in [3.8, 4) is 0 Å². The predicted molar refractivity (Wildman–Crippen MR) is 81.1 cm³/mol. The van der Waals surface area contributed by atoms with Crippen LogP contribution in [0.5, 0.6) is 0 Å². The summed E-state index contributed by atoms with van der Waals surface area (Å²) in [6.07, 6.45) is 6.03. The minimum Gasteiger partial charge on any atom is -0.369 e. The molecule has 8 heteroatoms. The van der Waals surface area contributed by atoms with Crippen LogP contribution < -0.4 is 11.5 Å². The summed E-state index contributed by atoms with van der Waals surface area (Å²) in [6.45, 7) is 2.01. The number of H-pyrrole nitrogens is 1. The van der Waals surface area contributed by atoms with Crippen molar-refractivity contribution in [2.45, 2.75) is 32.6 Å². The zero-order valence-corrected chi connectivity index (χ0v) is 12.4. The molecule has 0 fully saturated rings. The molecule has 0 aliphatic heterocycles. The van der Waals surface area contributed by atoms with Gasteiger partial charge in [-0.25, -0.2) is 8.42 Å². The van der Waals surface area contributed by atoms with Crippen LogP contribution in [-0.2, 0) is 16.3 Å². The van der Waals surface area contributed by atoms with E-state index in [-0.39, 0.29) is 23.2 Å². The molecule has 0 saturated heterocycles. The number of nitrogens with one attached hydrogen (secondary N) is 1. The van der Waals surface area contributed by atoms with Gasteiger partial charge in [-0.15, -0.1) is 10.2 Å². The maximum atomic E-state index is 12.3. The first-order valence-corrected chi connectivity index (χ1v) is 8.11. The molecule has 1 heterocycles. The highest BCUT2D eigenvalue weighted by atomic mass is 32.2. The van der Waals surface area contributed by atoms with Gasteiger partial charge in [0.15, 0.2) is 14.9 Å². The molecule has 0 aliphatic rings. The lowest BCUT2D eigenvalue weighted by molar-refractivity contribution is 0.601. The lowest BCUT2D eigenvalue weighted by atomic mass is 10.3. The minimum absolute atomic E-state index is 0.0124. The lowest BCUT2D eigenvalue weighted by Crippen LogP contribution is -2.24. The molecule has 1 aromatic rings. The van der Waals surface area contributed by atoms with Crippen LogP contribution in [0.25, 0.3) is 0 Å². The van der Waals surface area contributed by atoms with E-state index in [4.69, 9.17) is 11.5 Å². The minimum atomic E-state index is -3.45. The Balaban J connectivity index is 2.92. The first-order valence-electron chi connectivity index (χ1n) is 6.45. The van der Waals surface area contributed by atoms with E-state index in [0.717, 1.165) is 18.4 Å². The van der Waals surface area contributed by atoms with E-state index in [1.54, 1.807) is 18.5 Å². The number of sulfone groups is 1. The van der Waals surface area contributed by atoms with E-state index >= 15 is 0 Å². The molecular formula is C12H21N5O2S. The third-order valence-electron chi connectivity index (χ3n) is 2.67. The predicted octanol–water partition coefficient (Wildman–Crippen LogP) is 0.749. The van der Waals surface area contributed by atoms with Crippen LogP contribution in [-0.4, -0.2) is 30.2 Å². The topological polar surface area (TPSA) is 127 Å². The third kappa shape index (κ3) is 5.43. The van der Waals surface area contributed by atoms with Gasteiger partial charge in [0, 0.05) is 18.8 Å². The molecule has 0 radical (unpaired) electrons. The van der Waals surface area contributed by atoms with Crippen LogP contribution in [0.4, 0.5) is 0 Å². The van der Waals surface area contributed by atoms with Crippen LogP contribution in [0, 0.1) is 0 Å². The van der Waals surface area contributed by atoms with Crippen LogP contribution in [0.3, 0.4) is 0 Å². The first-order chi connectivity index (χ1) is 9.45. The number of aromatic amines is 1. The summed E-state index contributed by atoms with van der Waals surface area (Å²) in [7, 11) is -3.45. The molecule has 112 valence electrons. The summed E-state index contributed by atoms with van der Waals surface area (Å²) in [4.78, 5) is 2.87. The molecule has 0 spiro atoms. The molecular weight excluding hydrogens is 278 g/mol. The van der Waals surface area contributed by atoms with Crippen LogP contribution >= 0.6 is 0 Å². The van der Waals surface area contributed by atoms with Gasteiger partial charge in [0.25, 0.3) is 0 Å². The second-order valence-electron chi connectivity index (χ2n) is 4.44. The fourth-order valence-corrected chi connectivity index (χ4v) is 3.00. The second-order valence-corrected chi connectivity index (χ2v) is 6.55. The van der Waals surface area contributed by atoms with E-state index in [9.17, 15) is 8.42 Å². The Morgan fingerprint density at radius 3 is 2.60 bits per heavy atom. The number of rotatable bonds is 7. The van der Waals surface area contributed by atoms with Crippen molar-refractivity contribution < 1.29 is 8.42 Å². The number of unbranched alkanes of at least 4 members (excludes halogenated alkanes) is 2. The standard InChI is InChI=1S/C12H21N5O2S/c1-2-3-4-7-20(18,19)11(16-17-12(13)14)8-10-5-6-15-9-10/h5-6,9,15H,2-4,7-8H2,1H3,(H4,13,14,17). The number of aromatic nitrogens is 1. The van der Waals surface area contributed by atoms with Crippen molar-refractivity contribution in [3.05, 3.63) is 24.0 Å². The molecule has 7 nitrogen and oxygen atoms in total. The highest BCUT2D eigenvalue weighted by molar-refractivity contribution is 8.06. The van der Waals surface area contributed by atoms with E-state index in [1.165, 1.54) is 0 Å². The molecule has 5 N–H and O–H groups in total. The Labute approximate surface area is 119 Å². The average molecular weight is 299 g/mol. The summed E-state index contributed by atoms with van der Waals surface area (Å²) in [6, 6.07) is 1.78. The Hall–Kier alpha value is -1.83. The van der Waals surface area contributed by atoms with Gasteiger partial charge in [-0.05, 0) is 18.1 Å². The quantitative estimate of drug-likeness (QED) is 0.297. The zero-order valence-electron chi connectivity index (χ0n) is 11.5. The summed E-state index contributed by atoms with van der Waals surface area (Å²) in [5.74, 6) is -0.204. The fraction of sp³-hybridized carbons (Fsp3) is 0.500. The number of guanidine groups is 1. The number of nitrogens with two attached hydrogens (primary N) is 2. The summed E-state index contributed by atoms with van der Waals surface area (Å²) >= 11 is 0. The average Bonchev–Trinajstić information content (AvgIpc) is 2.87. The van der Waals surface area contributed by atoms with Gasteiger partial charge >= 0.3 is 0 Å². The molecule has 1 aromatic heterocycles. The van der Waals surface area contributed by atoms with Gasteiger partial charge in [0.2, 0.25) is 5.96 Å². The summed E-state index contributed by atoms with van der Waals surface area (Å²) < 4.78 is 24.5. The van der Waals surface area contributed by atoms with Crippen molar-refractivity contribution in [3.63, 3.8) is 0 Å². The molecule has 20 heavy (non-hydrogen) atoms. The Bertz CT molecular complexity index is 557. The van der Waals surface area contributed by atoms with Gasteiger partial charge < -0.3 is 16.5 Å². The normalized spacial score (nSPS) is 12.3. The van der Waals surface area contributed by atoms with Gasteiger partial charge in [-0.1, -0.05) is 19.8 Å². The lowest BCUT2D eigenvalue weighted by Gasteiger charge is -2.06. The van der Waals surface area contributed by atoms with Gasteiger partial charge in [-0.3, -0.25) is 0 Å². The smallest absolute Gasteiger partial charge is 0.211 e. The molecule has 0 unspecified atom stereocenters. The van der Waals surface area contributed by atoms with Crippen molar-refractivity contribution >= 4 is 20.8 Å². The maximum absolute atomic E-state index is 12.3. The van der Waals surface area contributed by atoms with Crippen molar-refractivity contribution in [1.29, 1.82) is 0 Å². The molecule has 0 aliphatic carbocycles. The number of hydrogen-bond donors (Lipinski definition) is 3. The largest absolute Gasteiger partial charge is 0.369 e. The van der Waals surface area contributed by atoms with Crippen molar-refractivity contribution in [2.75, 3.05) is 5.75 Å². The maximum Gasteiger partial charge on any atom is 0.211 e. The van der Waals surface area contributed by atoms with Crippen LogP contribution in [0.1, 0.15) is 31.7 Å². The summed E-state index contributed by atoms with van der Waals surface area (Å²) in [5, 5.41) is 7.16. The van der Waals surface area contributed by atoms with Crippen molar-refractivity contribution in [2.24, 2.45) is 21.7 Å². The first kappa shape index (κ1) is 16.2. The van der Waals surface area contributed by atoms with Crippen LogP contribution in [0.2, 0.25) is 0 Å². The molecule has 0 amide bonds. The fourth-order valence-electron chi connectivity index (χ4n) is 1.62. The molecule has 0 bridgehead atoms. The van der Waals surface area contributed by atoms with Gasteiger partial charge in [-0.2, -0.15) is 0 Å². The molecule has 1 rings (SSSR count). The molecule has 0 aromatic carbocycles. The Morgan fingerprint density at radius 2 is 2.05 bits per heavy atom. The van der Waals surface area contributed by atoms with E-state index in [0.29, 0.717) is 6.42 Å².